The van der Waals surface area contributed by atoms with E-state index in [4.69, 9.17) is 18.6 Å². The number of hydrogen-bond acceptors (Lipinski definition) is 11. The predicted molar refractivity (Wildman–Crippen MR) is 171 cm³/mol. The Morgan fingerprint density at radius 1 is 1.02 bits per heavy atom. The maximum atomic E-state index is 14.1. The van der Waals surface area contributed by atoms with Crippen molar-refractivity contribution in [1.82, 2.24) is 4.57 Å². The standard InChI is InChI=1S/C34H32N2O10S/c1-6-43-26-15-20(10-12-25(26)45-17-28(37)42-5)30-29(33(41)44-7-2)19(4)35-34-36(30)31(38)27(47-34)16-22-11-13-24(46-22)23-14-21(32(39)40)9-8-18(23)3/h8-16,30H,6-7,17H2,1-5H3,(H,39,40)/b27-16-/t30-/m0/s1. The maximum Gasteiger partial charge on any atom is 0.343 e. The number of methoxy groups -OCH3 is 1. The van der Waals surface area contributed by atoms with Gasteiger partial charge in [0.1, 0.15) is 11.5 Å². The summed E-state index contributed by atoms with van der Waals surface area (Å²) in [6.07, 6.45) is 1.58. The predicted octanol–water partition coefficient (Wildman–Crippen LogP) is 4.02. The molecule has 4 aromatic rings. The van der Waals surface area contributed by atoms with Crippen LogP contribution in [0.5, 0.6) is 11.5 Å². The van der Waals surface area contributed by atoms with Crippen LogP contribution in [-0.2, 0) is 19.1 Å². The second-order valence-corrected chi connectivity index (χ2v) is 11.4. The second kappa shape index (κ2) is 13.9. The third-order valence-corrected chi connectivity index (χ3v) is 8.31. The van der Waals surface area contributed by atoms with Gasteiger partial charge in [-0.15, -0.1) is 0 Å². The number of hydrogen-bond donors (Lipinski definition) is 1. The summed E-state index contributed by atoms with van der Waals surface area (Å²) in [6, 6.07) is 12.2. The highest BCUT2D eigenvalue weighted by atomic mass is 32.1. The summed E-state index contributed by atoms with van der Waals surface area (Å²) < 4.78 is 29.2. The number of furan rings is 1. The summed E-state index contributed by atoms with van der Waals surface area (Å²) in [5.41, 5.74) is 2.25. The molecule has 5 rings (SSSR count). The minimum absolute atomic E-state index is 0.118. The molecular weight excluding hydrogens is 628 g/mol. The highest BCUT2D eigenvalue weighted by molar-refractivity contribution is 7.07. The van der Waals surface area contributed by atoms with Gasteiger partial charge in [0.05, 0.1) is 47.7 Å². The first kappa shape index (κ1) is 32.9. The van der Waals surface area contributed by atoms with Gasteiger partial charge in [0.2, 0.25) is 0 Å². The Morgan fingerprint density at radius 2 is 1.81 bits per heavy atom. The number of carbonyl (C=O) groups excluding carboxylic acids is 2. The molecule has 2 aromatic carbocycles. The number of nitrogens with zero attached hydrogens (tertiary/aromatic N) is 2. The van der Waals surface area contributed by atoms with Crippen LogP contribution in [0.4, 0.5) is 0 Å². The number of carboxylic acid groups (broad SMARTS) is 1. The Labute approximate surface area is 272 Å². The number of benzene rings is 2. The van der Waals surface area contributed by atoms with Crippen molar-refractivity contribution in [3.63, 3.8) is 0 Å². The zero-order valence-corrected chi connectivity index (χ0v) is 27.1. The zero-order chi connectivity index (χ0) is 33.8. The van der Waals surface area contributed by atoms with Crippen molar-refractivity contribution in [3.05, 3.63) is 102 Å². The smallest absolute Gasteiger partial charge is 0.343 e. The molecule has 0 radical (unpaired) electrons. The summed E-state index contributed by atoms with van der Waals surface area (Å²) >= 11 is 1.13. The first-order valence-corrected chi connectivity index (χ1v) is 15.5. The molecule has 0 unspecified atom stereocenters. The highest BCUT2D eigenvalue weighted by Crippen LogP contribution is 2.36. The molecule has 1 aliphatic heterocycles. The molecular formula is C34H32N2O10S. The van der Waals surface area contributed by atoms with Gasteiger partial charge < -0.3 is 28.5 Å². The number of carbonyl (C=O) groups is 3. The quantitative estimate of drug-likeness (QED) is 0.233. The number of aryl methyl sites for hydroxylation is 1. The van der Waals surface area contributed by atoms with Crippen LogP contribution in [0, 0.1) is 6.92 Å². The summed E-state index contributed by atoms with van der Waals surface area (Å²) in [4.78, 5) is 55.6. The lowest BCUT2D eigenvalue weighted by Crippen LogP contribution is -2.40. The fourth-order valence-electron chi connectivity index (χ4n) is 5.11. The van der Waals surface area contributed by atoms with E-state index in [0.717, 1.165) is 16.9 Å². The lowest BCUT2D eigenvalue weighted by molar-refractivity contribution is -0.143. The van der Waals surface area contributed by atoms with Gasteiger partial charge in [-0.1, -0.05) is 23.5 Å². The minimum Gasteiger partial charge on any atom is -0.490 e. The molecule has 3 heterocycles. The fraction of sp³-hybridized carbons (Fsp3) is 0.265. The van der Waals surface area contributed by atoms with Crippen LogP contribution >= 0.6 is 11.3 Å². The summed E-state index contributed by atoms with van der Waals surface area (Å²) in [5, 5.41) is 9.43. The SMILES string of the molecule is CCOC(=O)C1=C(C)N=c2s/c(=C\c3ccc(-c4cc(C(=O)O)ccc4C)o3)c(=O)n2[C@H]1c1ccc(OCC(=O)OC)c(OCC)c1. The van der Waals surface area contributed by atoms with Crippen molar-refractivity contribution in [1.29, 1.82) is 0 Å². The molecule has 13 heteroatoms. The molecule has 1 N–H and O–H groups in total. The molecule has 1 aliphatic rings. The van der Waals surface area contributed by atoms with Crippen LogP contribution in [0.15, 0.2) is 74.0 Å². The van der Waals surface area contributed by atoms with E-state index >= 15 is 0 Å². The van der Waals surface area contributed by atoms with Crippen molar-refractivity contribution < 1.29 is 42.9 Å². The molecule has 0 bridgehead atoms. The van der Waals surface area contributed by atoms with Crippen LogP contribution in [-0.4, -0.2) is 54.5 Å². The van der Waals surface area contributed by atoms with Gasteiger partial charge in [-0.25, -0.2) is 19.4 Å². The molecule has 1 atom stereocenters. The van der Waals surface area contributed by atoms with E-state index in [1.807, 2.05) is 6.92 Å². The maximum absolute atomic E-state index is 14.1. The molecule has 244 valence electrons. The van der Waals surface area contributed by atoms with E-state index in [1.165, 1.54) is 23.8 Å². The first-order chi connectivity index (χ1) is 22.6. The molecule has 0 saturated heterocycles. The molecule has 0 fully saturated rings. The van der Waals surface area contributed by atoms with Crippen molar-refractivity contribution in [2.75, 3.05) is 26.9 Å². The average Bonchev–Trinajstić information content (AvgIpc) is 3.63. The number of esters is 2. The van der Waals surface area contributed by atoms with Gasteiger partial charge in [0.15, 0.2) is 22.9 Å². The third-order valence-electron chi connectivity index (χ3n) is 7.32. The van der Waals surface area contributed by atoms with Crippen molar-refractivity contribution in [2.24, 2.45) is 4.99 Å². The number of ether oxygens (including phenoxy) is 4. The normalized spacial score (nSPS) is 14.3. The Morgan fingerprint density at radius 3 is 2.51 bits per heavy atom. The Hall–Kier alpha value is -5.43. The van der Waals surface area contributed by atoms with Crippen LogP contribution in [0.1, 0.15) is 54.1 Å². The van der Waals surface area contributed by atoms with E-state index in [0.29, 0.717) is 43.4 Å². The zero-order valence-electron chi connectivity index (χ0n) is 26.3. The summed E-state index contributed by atoms with van der Waals surface area (Å²) in [6.45, 7) is 7.07. The largest absolute Gasteiger partial charge is 0.490 e. The van der Waals surface area contributed by atoms with Crippen molar-refractivity contribution in [3.8, 4) is 22.8 Å². The first-order valence-electron chi connectivity index (χ1n) is 14.7. The number of allylic oxidation sites excluding steroid dienone is 1. The molecule has 0 saturated carbocycles. The summed E-state index contributed by atoms with van der Waals surface area (Å²) in [7, 11) is 1.26. The Bertz CT molecular complexity index is 2090. The van der Waals surface area contributed by atoms with Gasteiger partial charge in [-0.3, -0.25) is 9.36 Å². The number of fused-ring (bicyclic) bond motifs is 1. The summed E-state index contributed by atoms with van der Waals surface area (Å²) in [5.74, 6) is -0.840. The number of rotatable bonds is 11. The molecule has 0 amide bonds. The van der Waals surface area contributed by atoms with Gasteiger partial charge in [-0.05, 0) is 75.2 Å². The van der Waals surface area contributed by atoms with Gasteiger partial charge in [-0.2, -0.15) is 0 Å². The third kappa shape index (κ3) is 6.75. The monoisotopic (exact) mass is 660 g/mol. The van der Waals surface area contributed by atoms with Gasteiger partial charge in [0.25, 0.3) is 5.56 Å². The van der Waals surface area contributed by atoms with Crippen LogP contribution in [0.25, 0.3) is 17.4 Å². The van der Waals surface area contributed by atoms with Crippen molar-refractivity contribution >= 4 is 35.3 Å². The minimum atomic E-state index is -1.05. The van der Waals surface area contributed by atoms with Crippen LogP contribution < -0.4 is 24.4 Å². The lowest BCUT2D eigenvalue weighted by atomic mass is 9.95. The van der Waals surface area contributed by atoms with Crippen LogP contribution in [0.3, 0.4) is 0 Å². The fourth-order valence-corrected chi connectivity index (χ4v) is 6.14. The molecule has 2 aromatic heterocycles. The molecule has 12 nitrogen and oxygen atoms in total. The van der Waals surface area contributed by atoms with E-state index < -0.39 is 29.5 Å². The highest BCUT2D eigenvalue weighted by Gasteiger charge is 2.34. The van der Waals surface area contributed by atoms with Gasteiger partial charge >= 0.3 is 17.9 Å². The Balaban J connectivity index is 1.62. The van der Waals surface area contributed by atoms with Crippen molar-refractivity contribution in [2.45, 2.75) is 33.7 Å². The van der Waals surface area contributed by atoms with Crippen LogP contribution in [0.2, 0.25) is 0 Å². The number of thiazole rings is 1. The van der Waals surface area contributed by atoms with Gasteiger partial charge in [0, 0.05) is 11.6 Å². The number of carboxylic acids is 1. The number of aromatic carboxylic acids is 1. The second-order valence-electron chi connectivity index (χ2n) is 10.3. The lowest BCUT2D eigenvalue weighted by Gasteiger charge is -2.25. The number of aromatic nitrogens is 1. The molecule has 0 aliphatic carbocycles. The molecule has 0 spiro atoms. The Kier molecular flexibility index (Phi) is 9.75. The van der Waals surface area contributed by atoms with E-state index in [-0.39, 0.29) is 36.7 Å². The van der Waals surface area contributed by atoms with E-state index in [1.54, 1.807) is 63.2 Å². The molecule has 47 heavy (non-hydrogen) atoms. The average molecular weight is 661 g/mol. The van der Waals surface area contributed by atoms with E-state index in [9.17, 15) is 24.3 Å². The topological polar surface area (TPSA) is 156 Å². The van der Waals surface area contributed by atoms with E-state index in [2.05, 4.69) is 9.73 Å².